The molecular formula is C13H10ClFN2O2. The van der Waals surface area contributed by atoms with E-state index in [-0.39, 0.29) is 16.5 Å². The van der Waals surface area contributed by atoms with E-state index in [2.05, 4.69) is 5.10 Å². The van der Waals surface area contributed by atoms with Crippen LogP contribution < -0.4 is 0 Å². The van der Waals surface area contributed by atoms with Crippen LogP contribution in [0.15, 0.2) is 24.4 Å². The summed E-state index contributed by atoms with van der Waals surface area (Å²) >= 11 is 5.64. The third-order valence-electron chi connectivity index (χ3n) is 3.15. The maximum Gasteiger partial charge on any atom is 0.339 e. The Bertz CT molecular complexity index is 665. The topological polar surface area (TPSA) is 55.1 Å². The monoisotopic (exact) mass is 280 g/mol. The number of hydrogen-bond acceptors (Lipinski definition) is 2. The fraction of sp³-hybridized carbons (Fsp3) is 0.231. The van der Waals surface area contributed by atoms with Crippen molar-refractivity contribution in [2.75, 3.05) is 0 Å². The Kier molecular flexibility index (Phi) is 2.78. The molecule has 0 unspecified atom stereocenters. The minimum Gasteiger partial charge on any atom is -0.478 e. The highest BCUT2D eigenvalue weighted by Crippen LogP contribution is 2.42. The number of aromatic nitrogens is 2. The molecule has 1 aliphatic carbocycles. The molecule has 0 spiro atoms. The first-order valence-corrected chi connectivity index (χ1v) is 6.22. The average molecular weight is 281 g/mol. The minimum absolute atomic E-state index is 0.0299. The fourth-order valence-electron chi connectivity index (χ4n) is 2.09. The molecular weight excluding hydrogens is 271 g/mol. The first-order valence-electron chi connectivity index (χ1n) is 5.84. The summed E-state index contributed by atoms with van der Waals surface area (Å²) in [5.41, 5.74) is 1.29. The zero-order chi connectivity index (χ0) is 13.6. The van der Waals surface area contributed by atoms with Crippen molar-refractivity contribution >= 4 is 17.6 Å². The third kappa shape index (κ3) is 2.10. The van der Waals surface area contributed by atoms with Gasteiger partial charge in [0.05, 0.1) is 22.6 Å². The van der Waals surface area contributed by atoms with Crippen molar-refractivity contribution < 1.29 is 14.3 Å². The number of aromatic carboxylic acids is 1. The number of carboxylic acid groups (broad SMARTS) is 1. The van der Waals surface area contributed by atoms with Gasteiger partial charge in [0.1, 0.15) is 11.4 Å². The molecule has 1 aliphatic rings. The first kappa shape index (κ1) is 12.2. The van der Waals surface area contributed by atoms with Crippen LogP contribution in [0.4, 0.5) is 4.39 Å². The Balaban J connectivity index is 2.14. The smallest absolute Gasteiger partial charge is 0.339 e. The van der Waals surface area contributed by atoms with Gasteiger partial charge in [0.15, 0.2) is 0 Å². The Morgan fingerprint density at radius 1 is 1.47 bits per heavy atom. The van der Waals surface area contributed by atoms with Gasteiger partial charge in [-0.1, -0.05) is 11.6 Å². The van der Waals surface area contributed by atoms with Crippen LogP contribution in [0.2, 0.25) is 5.02 Å². The molecule has 0 saturated heterocycles. The minimum atomic E-state index is -1.01. The molecule has 1 aromatic carbocycles. The van der Waals surface area contributed by atoms with E-state index in [1.54, 1.807) is 6.07 Å². The number of benzene rings is 1. The van der Waals surface area contributed by atoms with Crippen LogP contribution in [-0.2, 0) is 0 Å². The number of carbonyl (C=O) groups is 1. The van der Waals surface area contributed by atoms with E-state index in [4.69, 9.17) is 16.7 Å². The van der Waals surface area contributed by atoms with Gasteiger partial charge in [-0.25, -0.2) is 13.9 Å². The lowest BCUT2D eigenvalue weighted by Crippen LogP contribution is -2.05. The summed E-state index contributed by atoms with van der Waals surface area (Å²) in [5.74, 6) is -1.37. The van der Waals surface area contributed by atoms with Gasteiger partial charge < -0.3 is 5.11 Å². The standard InChI is InChI=1S/C13H10ClFN2O2/c14-10-4-3-8(5-11(10)15)17-12(7-1-2-7)9(6-16-17)13(18)19/h3-7H,1-2H2,(H,18,19). The molecule has 6 heteroatoms. The van der Waals surface area contributed by atoms with Gasteiger partial charge in [0.2, 0.25) is 0 Å². The molecule has 0 radical (unpaired) electrons. The summed E-state index contributed by atoms with van der Waals surface area (Å²) in [6.45, 7) is 0. The normalized spacial score (nSPS) is 14.6. The van der Waals surface area contributed by atoms with Crippen LogP contribution >= 0.6 is 11.6 Å². The number of halogens is 2. The molecule has 0 amide bonds. The lowest BCUT2D eigenvalue weighted by molar-refractivity contribution is 0.0695. The molecule has 19 heavy (non-hydrogen) atoms. The van der Waals surface area contributed by atoms with E-state index in [0.29, 0.717) is 11.4 Å². The Morgan fingerprint density at radius 2 is 2.21 bits per heavy atom. The summed E-state index contributed by atoms with van der Waals surface area (Å²) in [6, 6.07) is 4.31. The largest absolute Gasteiger partial charge is 0.478 e. The number of rotatable bonds is 3. The number of hydrogen-bond donors (Lipinski definition) is 1. The van der Waals surface area contributed by atoms with Gasteiger partial charge >= 0.3 is 5.97 Å². The van der Waals surface area contributed by atoms with E-state index in [1.165, 1.54) is 23.0 Å². The van der Waals surface area contributed by atoms with E-state index in [1.807, 2.05) is 0 Å². The predicted molar refractivity (Wildman–Crippen MR) is 67.5 cm³/mol. The van der Waals surface area contributed by atoms with Crippen molar-refractivity contribution in [3.63, 3.8) is 0 Å². The maximum atomic E-state index is 13.5. The second-order valence-corrected chi connectivity index (χ2v) is 4.94. The second-order valence-electron chi connectivity index (χ2n) is 4.53. The highest BCUT2D eigenvalue weighted by molar-refractivity contribution is 6.30. The van der Waals surface area contributed by atoms with Crippen LogP contribution in [0.3, 0.4) is 0 Å². The first-order chi connectivity index (χ1) is 9.08. The Labute approximate surface area is 113 Å². The van der Waals surface area contributed by atoms with Crippen LogP contribution in [0.1, 0.15) is 34.8 Å². The second kappa shape index (κ2) is 4.35. The van der Waals surface area contributed by atoms with Crippen molar-refractivity contribution in [3.05, 3.63) is 46.5 Å². The maximum absolute atomic E-state index is 13.5. The average Bonchev–Trinajstić information content (AvgIpc) is 3.11. The molecule has 3 rings (SSSR count). The van der Waals surface area contributed by atoms with E-state index >= 15 is 0 Å². The summed E-state index contributed by atoms with van der Waals surface area (Å²) < 4.78 is 15.0. The highest BCUT2D eigenvalue weighted by atomic mass is 35.5. The van der Waals surface area contributed by atoms with Crippen molar-refractivity contribution in [3.8, 4) is 5.69 Å². The third-order valence-corrected chi connectivity index (χ3v) is 3.46. The van der Waals surface area contributed by atoms with Gasteiger partial charge in [-0.15, -0.1) is 0 Å². The van der Waals surface area contributed by atoms with E-state index in [9.17, 15) is 9.18 Å². The van der Waals surface area contributed by atoms with Gasteiger partial charge in [-0.2, -0.15) is 5.10 Å². The van der Waals surface area contributed by atoms with E-state index in [0.717, 1.165) is 12.8 Å². The van der Waals surface area contributed by atoms with Gasteiger partial charge in [-0.05, 0) is 25.0 Å². The van der Waals surface area contributed by atoms with Gasteiger partial charge in [0.25, 0.3) is 0 Å². The molecule has 2 aromatic rings. The highest BCUT2D eigenvalue weighted by Gasteiger charge is 2.32. The zero-order valence-corrected chi connectivity index (χ0v) is 10.6. The van der Waals surface area contributed by atoms with Crippen LogP contribution in [0, 0.1) is 5.82 Å². The van der Waals surface area contributed by atoms with Crippen molar-refractivity contribution in [1.29, 1.82) is 0 Å². The van der Waals surface area contributed by atoms with E-state index < -0.39 is 11.8 Å². The summed E-state index contributed by atoms with van der Waals surface area (Å²) in [7, 11) is 0. The van der Waals surface area contributed by atoms with Gasteiger partial charge in [0, 0.05) is 12.0 Å². The van der Waals surface area contributed by atoms with Crippen LogP contribution in [0.5, 0.6) is 0 Å². The van der Waals surface area contributed by atoms with Crippen LogP contribution in [0.25, 0.3) is 5.69 Å². The van der Waals surface area contributed by atoms with Gasteiger partial charge in [-0.3, -0.25) is 0 Å². The molecule has 1 fully saturated rings. The lowest BCUT2D eigenvalue weighted by Gasteiger charge is -2.08. The molecule has 1 aromatic heterocycles. The van der Waals surface area contributed by atoms with Crippen molar-refractivity contribution in [2.24, 2.45) is 0 Å². The Morgan fingerprint density at radius 3 is 2.79 bits per heavy atom. The molecule has 0 aliphatic heterocycles. The van der Waals surface area contributed by atoms with Crippen LogP contribution in [-0.4, -0.2) is 20.9 Å². The predicted octanol–water partition coefficient (Wildman–Crippen LogP) is 3.24. The molecule has 1 N–H and O–H groups in total. The molecule has 0 bridgehead atoms. The summed E-state index contributed by atoms with van der Waals surface area (Å²) in [4.78, 5) is 11.2. The number of carboxylic acids is 1. The number of nitrogens with zero attached hydrogens (tertiary/aromatic N) is 2. The zero-order valence-electron chi connectivity index (χ0n) is 9.81. The van der Waals surface area contributed by atoms with Crippen molar-refractivity contribution in [2.45, 2.75) is 18.8 Å². The molecule has 0 atom stereocenters. The SMILES string of the molecule is O=C(O)c1cnn(-c2ccc(Cl)c(F)c2)c1C1CC1. The summed E-state index contributed by atoms with van der Waals surface area (Å²) in [6.07, 6.45) is 3.17. The Hall–Kier alpha value is -1.88. The van der Waals surface area contributed by atoms with Crippen molar-refractivity contribution in [1.82, 2.24) is 9.78 Å². The molecule has 1 heterocycles. The fourth-order valence-corrected chi connectivity index (χ4v) is 2.21. The molecule has 4 nitrogen and oxygen atoms in total. The lowest BCUT2D eigenvalue weighted by atomic mass is 10.1. The molecule has 1 saturated carbocycles. The summed E-state index contributed by atoms with van der Waals surface area (Å²) in [5, 5.41) is 13.2. The quantitative estimate of drug-likeness (QED) is 0.939. The molecule has 98 valence electrons.